The number of aryl methyl sites for hydroxylation is 1. The van der Waals surface area contributed by atoms with E-state index in [1.165, 1.54) is 17.7 Å². The van der Waals surface area contributed by atoms with Gasteiger partial charge in [-0.15, -0.1) is 0 Å². The fraction of sp³-hybridized carbons (Fsp3) is 0.118. The lowest BCUT2D eigenvalue weighted by Gasteiger charge is -1.96. The zero-order valence-corrected chi connectivity index (χ0v) is 10.6. The first kappa shape index (κ1) is 12.9. The van der Waals surface area contributed by atoms with Crippen LogP contribution in [-0.2, 0) is 6.42 Å². The summed E-state index contributed by atoms with van der Waals surface area (Å²) in [4.78, 5) is 0. The van der Waals surface area contributed by atoms with Crippen LogP contribution in [0.25, 0.3) is 0 Å². The van der Waals surface area contributed by atoms with Gasteiger partial charge in [-0.1, -0.05) is 30.9 Å². The molecule has 19 heavy (non-hydrogen) atoms. The molecule has 0 bridgehead atoms. The van der Waals surface area contributed by atoms with Crippen LogP contribution in [0.2, 0.25) is 0 Å². The van der Waals surface area contributed by atoms with Crippen molar-refractivity contribution in [2.24, 2.45) is 0 Å². The van der Waals surface area contributed by atoms with E-state index in [0.29, 0.717) is 5.56 Å². The molecule has 0 unspecified atom stereocenters. The number of nitriles is 1. The Hall–Kier alpha value is -2.58. The van der Waals surface area contributed by atoms with E-state index in [1.807, 2.05) is 24.3 Å². The van der Waals surface area contributed by atoms with Crippen LogP contribution in [0, 0.1) is 29.0 Å². The van der Waals surface area contributed by atoms with E-state index in [1.54, 1.807) is 12.1 Å². The molecule has 2 aromatic rings. The second-order valence-corrected chi connectivity index (χ2v) is 4.11. The lowest BCUT2D eigenvalue weighted by atomic mass is 10.1. The molecule has 0 saturated carbocycles. The number of rotatable bonds is 1. The van der Waals surface area contributed by atoms with Gasteiger partial charge in [-0.2, -0.15) is 5.26 Å². The Labute approximate surface area is 112 Å². The van der Waals surface area contributed by atoms with Gasteiger partial charge in [0.1, 0.15) is 11.9 Å². The van der Waals surface area contributed by atoms with E-state index in [2.05, 4.69) is 18.8 Å². The van der Waals surface area contributed by atoms with Gasteiger partial charge >= 0.3 is 0 Å². The average molecular weight is 249 g/mol. The molecular formula is C17H12FN. The van der Waals surface area contributed by atoms with Crippen LogP contribution in [-0.4, -0.2) is 0 Å². The first-order valence-corrected chi connectivity index (χ1v) is 6.03. The molecule has 0 aliphatic carbocycles. The second kappa shape index (κ2) is 5.85. The third-order valence-corrected chi connectivity index (χ3v) is 2.80. The lowest BCUT2D eigenvalue weighted by molar-refractivity contribution is 0.623. The maximum atomic E-state index is 13.4. The van der Waals surface area contributed by atoms with Crippen molar-refractivity contribution < 1.29 is 4.39 Å². The smallest absolute Gasteiger partial charge is 0.142 e. The number of halogens is 1. The van der Waals surface area contributed by atoms with Gasteiger partial charge in [0.15, 0.2) is 0 Å². The minimum atomic E-state index is -0.532. The summed E-state index contributed by atoms with van der Waals surface area (Å²) in [6, 6.07) is 14.1. The molecule has 92 valence electrons. The Morgan fingerprint density at radius 3 is 2.21 bits per heavy atom. The van der Waals surface area contributed by atoms with E-state index in [-0.39, 0.29) is 5.56 Å². The van der Waals surface area contributed by atoms with E-state index in [0.717, 1.165) is 12.0 Å². The van der Waals surface area contributed by atoms with Gasteiger partial charge in [-0.25, -0.2) is 4.39 Å². The average Bonchev–Trinajstić information content (AvgIpc) is 2.46. The molecule has 0 N–H and O–H groups in total. The minimum Gasteiger partial charge on any atom is -0.206 e. The van der Waals surface area contributed by atoms with Crippen molar-refractivity contribution >= 4 is 0 Å². The molecule has 0 saturated heterocycles. The van der Waals surface area contributed by atoms with Gasteiger partial charge in [0, 0.05) is 11.1 Å². The molecule has 2 heteroatoms. The summed E-state index contributed by atoms with van der Waals surface area (Å²) < 4.78 is 13.4. The molecule has 2 rings (SSSR count). The SMILES string of the molecule is CCc1ccc(C#Cc2ccc(C#N)c(F)c2)cc1. The Balaban J connectivity index is 2.24. The maximum Gasteiger partial charge on any atom is 0.142 e. The Morgan fingerprint density at radius 1 is 1.00 bits per heavy atom. The Kier molecular flexibility index (Phi) is 3.96. The molecule has 2 aromatic carbocycles. The monoisotopic (exact) mass is 249 g/mol. The van der Waals surface area contributed by atoms with Crippen molar-refractivity contribution in [2.45, 2.75) is 13.3 Å². The molecule has 0 aliphatic heterocycles. The topological polar surface area (TPSA) is 23.8 Å². The predicted molar refractivity (Wildman–Crippen MR) is 72.9 cm³/mol. The fourth-order valence-corrected chi connectivity index (χ4v) is 1.65. The summed E-state index contributed by atoms with van der Waals surface area (Å²) in [5.41, 5.74) is 2.76. The van der Waals surface area contributed by atoms with Crippen molar-refractivity contribution in [1.82, 2.24) is 0 Å². The molecule has 0 amide bonds. The molecular weight excluding hydrogens is 237 g/mol. The summed E-state index contributed by atoms with van der Waals surface area (Å²) in [6.07, 6.45) is 0.995. The number of nitrogens with zero attached hydrogens (tertiary/aromatic N) is 1. The van der Waals surface area contributed by atoms with Crippen molar-refractivity contribution in [3.8, 4) is 17.9 Å². The van der Waals surface area contributed by atoms with Crippen LogP contribution in [0.3, 0.4) is 0 Å². The van der Waals surface area contributed by atoms with E-state index in [4.69, 9.17) is 5.26 Å². The van der Waals surface area contributed by atoms with Gasteiger partial charge in [-0.3, -0.25) is 0 Å². The predicted octanol–water partition coefficient (Wildman–Crippen LogP) is 3.66. The van der Waals surface area contributed by atoms with Crippen LogP contribution < -0.4 is 0 Å². The first-order valence-electron chi connectivity index (χ1n) is 6.03. The largest absolute Gasteiger partial charge is 0.206 e. The zero-order valence-electron chi connectivity index (χ0n) is 10.6. The highest BCUT2D eigenvalue weighted by atomic mass is 19.1. The molecule has 1 nitrogen and oxygen atoms in total. The molecule has 0 heterocycles. The van der Waals surface area contributed by atoms with E-state index >= 15 is 0 Å². The molecule has 0 aromatic heterocycles. The minimum absolute atomic E-state index is 0.0397. The van der Waals surface area contributed by atoms with E-state index < -0.39 is 5.82 Å². The maximum absolute atomic E-state index is 13.4. The fourth-order valence-electron chi connectivity index (χ4n) is 1.65. The summed E-state index contributed by atoms with van der Waals surface area (Å²) in [7, 11) is 0. The molecule has 0 atom stereocenters. The summed E-state index contributed by atoms with van der Waals surface area (Å²) >= 11 is 0. The third-order valence-electron chi connectivity index (χ3n) is 2.80. The summed E-state index contributed by atoms with van der Waals surface area (Å²) in [6.45, 7) is 2.10. The number of benzene rings is 2. The standard InChI is InChI=1S/C17H12FN/c1-2-13-3-5-14(6-4-13)7-8-15-9-10-16(12-19)17(18)11-15/h3-6,9-11H,2H2,1H3. The zero-order chi connectivity index (χ0) is 13.7. The number of hydrogen-bond donors (Lipinski definition) is 0. The molecule has 0 radical (unpaired) electrons. The number of hydrogen-bond acceptors (Lipinski definition) is 1. The van der Waals surface area contributed by atoms with Gasteiger partial charge in [0.25, 0.3) is 0 Å². The normalized spacial score (nSPS) is 9.32. The van der Waals surface area contributed by atoms with Crippen molar-refractivity contribution in [3.05, 3.63) is 70.5 Å². The van der Waals surface area contributed by atoms with Crippen LogP contribution in [0.4, 0.5) is 4.39 Å². The Bertz CT molecular complexity index is 682. The van der Waals surface area contributed by atoms with Crippen LogP contribution in [0.15, 0.2) is 42.5 Å². The van der Waals surface area contributed by atoms with Gasteiger partial charge in [-0.05, 0) is 42.3 Å². The lowest BCUT2D eigenvalue weighted by Crippen LogP contribution is -1.85. The highest BCUT2D eigenvalue weighted by Gasteiger charge is 2.00. The highest BCUT2D eigenvalue weighted by molar-refractivity contribution is 5.45. The van der Waals surface area contributed by atoms with Gasteiger partial charge in [0.2, 0.25) is 0 Å². The van der Waals surface area contributed by atoms with Crippen molar-refractivity contribution in [3.63, 3.8) is 0 Å². The van der Waals surface area contributed by atoms with Crippen molar-refractivity contribution in [1.29, 1.82) is 5.26 Å². The summed E-state index contributed by atoms with van der Waals surface area (Å²) in [5, 5.41) is 8.64. The van der Waals surface area contributed by atoms with Gasteiger partial charge in [0.05, 0.1) is 5.56 Å². The first-order chi connectivity index (χ1) is 9.22. The summed E-state index contributed by atoms with van der Waals surface area (Å²) in [5.74, 6) is 5.34. The van der Waals surface area contributed by atoms with Crippen LogP contribution >= 0.6 is 0 Å². The molecule has 0 spiro atoms. The third kappa shape index (κ3) is 3.21. The van der Waals surface area contributed by atoms with E-state index in [9.17, 15) is 4.39 Å². The quantitative estimate of drug-likeness (QED) is 0.707. The molecule has 0 aliphatic rings. The van der Waals surface area contributed by atoms with Crippen LogP contribution in [0.5, 0.6) is 0 Å². The van der Waals surface area contributed by atoms with Crippen LogP contribution in [0.1, 0.15) is 29.2 Å². The van der Waals surface area contributed by atoms with Crippen molar-refractivity contribution in [2.75, 3.05) is 0 Å². The highest BCUT2D eigenvalue weighted by Crippen LogP contribution is 2.09. The Morgan fingerprint density at radius 2 is 1.63 bits per heavy atom. The molecule has 0 fully saturated rings. The van der Waals surface area contributed by atoms with Gasteiger partial charge < -0.3 is 0 Å². The second-order valence-electron chi connectivity index (χ2n) is 4.11.